The lowest BCUT2D eigenvalue weighted by Crippen LogP contribution is -2.13. The van der Waals surface area contributed by atoms with E-state index in [2.05, 4.69) is 0 Å². The van der Waals surface area contributed by atoms with Gasteiger partial charge in [0.1, 0.15) is 22.8 Å². The van der Waals surface area contributed by atoms with E-state index >= 15 is 0 Å². The molecule has 0 unspecified atom stereocenters. The standard InChI is InChI=1S/C16H11F2NO4S/c1-24(21,22)15-7-2-10(8-13(15)18)14-9-23-16(20)19(14)12-5-3-11(17)4-6-12/h2-9H,1H3. The molecule has 3 rings (SSSR count). The van der Waals surface area contributed by atoms with Gasteiger partial charge in [0.2, 0.25) is 0 Å². The second-order valence-corrected chi connectivity index (χ2v) is 7.10. The first-order chi connectivity index (χ1) is 11.3. The Balaban J connectivity index is 2.17. The summed E-state index contributed by atoms with van der Waals surface area (Å²) in [6.07, 6.45) is 2.03. The molecule has 0 aliphatic heterocycles. The first-order valence-electron chi connectivity index (χ1n) is 6.74. The van der Waals surface area contributed by atoms with Crippen molar-refractivity contribution in [3.8, 4) is 16.9 Å². The van der Waals surface area contributed by atoms with E-state index in [0.717, 1.165) is 29.2 Å². The third kappa shape index (κ3) is 2.88. The number of benzene rings is 2. The lowest BCUT2D eigenvalue weighted by atomic mass is 10.1. The van der Waals surface area contributed by atoms with Gasteiger partial charge in [-0.05, 0) is 36.4 Å². The predicted octanol–water partition coefficient (Wildman–Crippen LogP) is 2.78. The number of nitrogens with zero attached hydrogens (tertiary/aromatic N) is 1. The SMILES string of the molecule is CS(=O)(=O)c1ccc(-c2coc(=O)n2-c2ccc(F)cc2)cc1F. The summed E-state index contributed by atoms with van der Waals surface area (Å²) in [5.41, 5.74) is 0.790. The summed E-state index contributed by atoms with van der Waals surface area (Å²) in [6, 6.07) is 8.57. The van der Waals surface area contributed by atoms with Gasteiger partial charge in [0.05, 0.1) is 11.4 Å². The zero-order valence-corrected chi connectivity index (χ0v) is 13.2. The minimum atomic E-state index is -3.70. The van der Waals surface area contributed by atoms with E-state index in [1.807, 2.05) is 0 Å². The quantitative estimate of drug-likeness (QED) is 0.728. The molecule has 2 aromatic carbocycles. The highest BCUT2D eigenvalue weighted by molar-refractivity contribution is 7.90. The molecule has 0 N–H and O–H groups in total. The zero-order chi connectivity index (χ0) is 17.5. The van der Waals surface area contributed by atoms with Gasteiger partial charge in [0.25, 0.3) is 0 Å². The molecule has 124 valence electrons. The van der Waals surface area contributed by atoms with Crippen molar-refractivity contribution in [3.63, 3.8) is 0 Å². The van der Waals surface area contributed by atoms with E-state index in [1.165, 1.54) is 30.3 Å². The van der Waals surface area contributed by atoms with Gasteiger partial charge >= 0.3 is 5.76 Å². The Hall–Kier alpha value is -2.74. The average molecular weight is 351 g/mol. The Morgan fingerprint density at radius 3 is 2.29 bits per heavy atom. The number of rotatable bonds is 3. The number of aromatic nitrogens is 1. The van der Waals surface area contributed by atoms with E-state index in [-0.39, 0.29) is 11.3 Å². The summed E-state index contributed by atoms with van der Waals surface area (Å²) in [5.74, 6) is -2.14. The molecule has 0 aliphatic carbocycles. The van der Waals surface area contributed by atoms with Gasteiger partial charge in [-0.25, -0.2) is 26.6 Å². The maximum atomic E-state index is 14.1. The van der Waals surface area contributed by atoms with Crippen LogP contribution in [0.5, 0.6) is 0 Å². The summed E-state index contributed by atoms with van der Waals surface area (Å²) < 4.78 is 56.1. The van der Waals surface area contributed by atoms with Gasteiger partial charge < -0.3 is 4.42 Å². The molecule has 0 amide bonds. The van der Waals surface area contributed by atoms with Crippen LogP contribution >= 0.6 is 0 Å². The summed E-state index contributed by atoms with van der Waals surface area (Å²) in [4.78, 5) is 11.5. The number of oxazole rings is 1. The molecule has 0 bridgehead atoms. The molecule has 8 heteroatoms. The second kappa shape index (κ2) is 5.72. The molecular formula is C16H11F2NO4S. The molecule has 0 spiro atoms. The first-order valence-corrected chi connectivity index (χ1v) is 8.63. The third-order valence-corrected chi connectivity index (χ3v) is 4.54. The molecule has 0 saturated heterocycles. The molecular weight excluding hydrogens is 340 g/mol. The summed E-state index contributed by atoms with van der Waals surface area (Å²) in [7, 11) is -3.70. The fourth-order valence-corrected chi connectivity index (χ4v) is 3.03. The van der Waals surface area contributed by atoms with Gasteiger partial charge in [-0.1, -0.05) is 6.07 Å². The topological polar surface area (TPSA) is 69.3 Å². The van der Waals surface area contributed by atoms with Crippen molar-refractivity contribution in [2.75, 3.05) is 6.26 Å². The van der Waals surface area contributed by atoms with E-state index in [1.54, 1.807) is 0 Å². The largest absolute Gasteiger partial charge is 0.424 e. The van der Waals surface area contributed by atoms with Crippen molar-refractivity contribution in [3.05, 3.63) is 70.9 Å². The Morgan fingerprint density at radius 2 is 1.71 bits per heavy atom. The van der Waals surface area contributed by atoms with E-state index < -0.39 is 32.1 Å². The highest BCUT2D eigenvalue weighted by atomic mass is 32.2. The molecule has 24 heavy (non-hydrogen) atoms. The number of halogens is 2. The van der Waals surface area contributed by atoms with Gasteiger partial charge in [-0.3, -0.25) is 0 Å². The molecule has 3 aromatic rings. The van der Waals surface area contributed by atoms with E-state index in [9.17, 15) is 22.0 Å². The molecule has 1 aromatic heterocycles. The third-order valence-electron chi connectivity index (χ3n) is 3.41. The molecule has 0 radical (unpaired) electrons. The van der Waals surface area contributed by atoms with Crippen LogP contribution < -0.4 is 5.76 Å². The number of sulfone groups is 1. The summed E-state index contributed by atoms with van der Waals surface area (Å²) in [6.45, 7) is 0. The van der Waals surface area contributed by atoms with Crippen LogP contribution in [0.2, 0.25) is 0 Å². The van der Waals surface area contributed by atoms with Crippen molar-refractivity contribution in [2.45, 2.75) is 4.90 Å². The van der Waals surface area contributed by atoms with Crippen molar-refractivity contribution < 1.29 is 21.6 Å². The highest BCUT2D eigenvalue weighted by Gasteiger charge is 2.18. The Labute approximate surface area is 135 Å². The smallest absolute Gasteiger partial charge is 0.415 e. The van der Waals surface area contributed by atoms with Crippen LogP contribution in [0.3, 0.4) is 0 Å². The second-order valence-electron chi connectivity index (χ2n) is 5.12. The molecule has 0 atom stereocenters. The van der Waals surface area contributed by atoms with Crippen LogP contribution in [0, 0.1) is 11.6 Å². The van der Waals surface area contributed by atoms with Crippen LogP contribution in [0.1, 0.15) is 0 Å². The van der Waals surface area contributed by atoms with Gasteiger partial charge in [0.15, 0.2) is 9.84 Å². The maximum absolute atomic E-state index is 14.1. The van der Waals surface area contributed by atoms with Crippen LogP contribution in [0.4, 0.5) is 8.78 Å². The maximum Gasteiger partial charge on any atom is 0.424 e. The minimum Gasteiger partial charge on any atom is -0.415 e. The van der Waals surface area contributed by atoms with Crippen molar-refractivity contribution in [1.29, 1.82) is 0 Å². The Morgan fingerprint density at radius 1 is 1.04 bits per heavy atom. The number of hydrogen-bond acceptors (Lipinski definition) is 4. The summed E-state index contributed by atoms with van der Waals surface area (Å²) >= 11 is 0. The monoisotopic (exact) mass is 351 g/mol. The predicted molar refractivity (Wildman–Crippen MR) is 82.8 cm³/mol. The van der Waals surface area contributed by atoms with Crippen LogP contribution in [0.25, 0.3) is 16.9 Å². The molecule has 1 heterocycles. The van der Waals surface area contributed by atoms with E-state index in [4.69, 9.17) is 4.42 Å². The van der Waals surface area contributed by atoms with Gasteiger partial charge in [0, 0.05) is 11.8 Å². The first kappa shape index (κ1) is 16.1. The van der Waals surface area contributed by atoms with Crippen LogP contribution in [0.15, 0.2) is 62.8 Å². The zero-order valence-electron chi connectivity index (χ0n) is 12.4. The fraction of sp³-hybridized carbons (Fsp3) is 0.0625. The Kier molecular flexibility index (Phi) is 3.84. The summed E-state index contributed by atoms with van der Waals surface area (Å²) in [5, 5.41) is 0. The molecule has 5 nitrogen and oxygen atoms in total. The van der Waals surface area contributed by atoms with Crippen molar-refractivity contribution in [1.82, 2.24) is 4.57 Å². The average Bonchev–Trinajstić information content (AvgIpc) is 2.88. The Bertz CT molecular complexity index is 1070. The molecule has 0 fully saturated rings. The fourth-order valence-electron chi connectivity index (χ4n) is 2.30. The molecule has 0 saturated carbocycles. The molecule has 0 aliphatic rings. The van der Waals surface area contributed by atoms with Gasteiger partial charge in [-0.2, -0.15) is 0 Å². The van der Waals surface area contributed by atoms with Crippen molar-refractivity contribution in [2.24, 2.45) is 0 Å². The van der Waals surface area contributed by atoms with Gasteiger partial charge in [-0.15, -0.1) is 0 Å². The van der Waals surface area contributed by atoms with Crippen molar-refractivity contribution >= 4 is 9.84 Å². The minimum absolute atomic E-state index is 0.213. The van der Waals surface area contributed by atoms with Crippen LogP contribution in [-0.4, -0.2) is 19.2 Å². The van der Waals surface area contributed by atoms with Crippen LogP contribution in [-0.2, 0) is 9.84 Å². The lowest BCUT2D eigenvalue weighted by molar-refractivity contribution is 0.504. The lowest BCUT2D eigenvalue weighted by Gasteiger charge is -2.08. The normalized spacial score (nSPS) is 11.6. The van der Waals surface area contributed by atoms with E-state index in [0.29, 0.717) is 5.69 Å². The highest BCUT2D eigenvalue weighted by Crippen LogP contribution is 2.25. The number of hydrogen-bond donors (Lipinski definition) is 0.